The van der Waals surface area contributed by atoms with E-state index in [9.17, 15) is 4.79 Å². The number of fused-ring (bicyclic) bond motifs is 1. The molecule has 1 amide bonds. The van der Waals surface area contributed by atoms with Crippen molar-refractivity contribution in [3.63, 3.8) is 0 Å². The van der Waals surface area contributed by atoms with Gasteiger partial charge in [0.1, 0.15) is 0 Å². The Morgan fingerprint density at radius 3 is 2.85 bits per heavy atom. The zero-order chi connectivity index (χ0) is 13.9. The van der Waals surface area contributed by atoms with E-state index in [1.807, 2.05) is 37.3 Å². The highest BCUT2D eigenvalue weighted by Gasteiger charge is 2.28. The van der Waals surface area contributed by atoms with Crippen LogP contribution in [0.2, 0.25) is 0 Å². The van der Waals surface area contributed by atoms with E-state index in [1.165, 1.54) is 10.5 Å². The van der Waals surface area contributed by atoms with Crippen molar-refractivity contribution in [3.05, 3.63) is 59.9 Å². The molecule has 1 aliphatic heterocycles. The molecule has 0 saturated heterocycles. The molecular weight excluding hydrogens is 268 g/mol. The Morgan fingerprint density at radius 2 is 2.10 bits per heavy atom. The van der Waals surface area contributed by atoms with Crippen LogP contribution >= 0.6 is 11.8 Å². The molecule has 1 aromatic heterocycles. The van der Waals surface area contributed by atoms with Crippen molar-refractivity contribution in [2.75, 3.05) is 0 Å². The molecule has 3 nitrogen and oxygen atoms in total. The smallest absolute Gasteiger partial charge is 0.234 e. The number of amides is 1. The molecule has 2 atom stereocenters. The summed E-state index contributed by atoms with van der Waals surface area (Å²) in [5.41, 5.74) is 2.16. The molecule has 1 aromatic carbocycles. The number of hydrogen-bond donors (Lipinski definition) is 1. The Bertz CT molecular complexity index is 590. The molecule has 0 saturated carbocycles. The Morgan fingerprint density at radius 1 is 1.30 bits per heavy atom. The summed E-state index contributed by atoms with van der Waals surface area (Å²) in [5.74, 6) is 0.0874. The largest absolute Gasteiger partial charge is 0.347 e. The lowest BCUT2D eigenvalue weighted by Gasteiger charge is -2.16. The molecule has 0 bridgehead atoms. The van der Waals surface area contributed by atoms with Crippen molar-refractivity contribution in [1.82, 2.24) is 10.3 Å². The lowest BCUT2D eigenvalue weighted by Crippen LogP contribution is -2.34. The zero-order valence-electron chi connectivity index (χ0n) is 11.2. The van der Waals surface area contributed by atoms with Gasteiger partial charge in [-0.25, -0.2) is 0 Å². The van der Waals surface area contributed by atoms with E-state index in [4.69, 9.17) is 0 Å². The molecule has 20 heavy (non-hydrogen) atoms. The molecule has 0 aliphatic carbocycles. The van der Waals surface area contributed by atoms with E-state index >= 15 is 0 Å². The second-order valence-electron chi connectivity index (χ2n) is 4.90. The van der Waals surface area contributed by atoms with E-state index in [0.717, 1.165) is 12.1 Å². The molecule has 3 rings (SSSR count). The molecular formula is C16H16N2OS. The maximum atomic E-state index is 12.3. The van der Waals surface area contributed by atoms with Gasteiger partial charge in [-0.1, -0.05) is 24.3 Å². The van der Waals surface area contributed by atoms with Gasteiger partial charge in [-0.2, -0.15) is 0 Å². The van der Waals surface area contributed by atoms with Crippen molar-refractivity contribution >= 4 is 17.7 Å². The van der Waals surface area contributed by atoms with Crippen LogP contribution in [0.4, 0.5) is 0 Å². The minimum absolute atomic E-state index is 0.0291. The molecule has 0 unspecified atom stereocenters. The summed E-state index contributed by atoms with van der Waals surface area (Å²) in [7, 11) is 0. The Balaban J connectivity index is 1.64. The highest BCUT2D eigenvalue weighted by molar-refractivity contribution is 8.01. The number of thioether (sulfide) groups is 1. The molecule has 2 aromatic rings. The predicted molar refractivity (Wildman–Crippen MR) is 80.6 cm³/mol. The second-order valence-corrected chi connectivity index (χ2v) is 6.15. The average molecular weight is 284 g/mol. The number of benzene rings is 1. The topological polar surface area (TPSA) is 42.0 Å². The zero-order valence-corrected chi connectivity index (χ0v) is 12.1. The minimum Gasteiger partial charge on any atom is -0.347 e. The first-order valence-electron chi connectivity index (χ1n) is 6.70. The van der Waals surface area contributed by atoms with E-state index < -0.39 is 0 Å². The first-order valence-corrected chi connectivity index (χ1v) is 7.58. The third kappa shape index (κ3) is 2.70. The third-order valence-corrected chi connectivity index (χ3v) is 4.75. The first-order chi connectivity index (χ1) is 9.74. The molecule has 2 heterocycles. The molecule has 1 N–H and O–H groups in total. The van der Waals surface area contributed by atoms with Crippen LogP contribution in [-0.2, 0) is 11.2 Å². The van der Waals surface area contributed by atoms with Crippen LogP contribution in [0.25, 0.3) is 0 Å². The number of carbonyl (C=O) groups excluding carboxylic acids is 1. The van der Waals surface area contributed by atoms with Gasteiger partial charge >= 0.3 is 0 Å². The minimum atomic E-state index is -0.0620. The molecule has 1 aliphatic rings. The van der Waals surface area contributed by atoms with Crippen LogP contribution in [0.15, 0.2) is 53.6 Å². The van der Waals surface area contributed by atoms with Crippen molar-refractivity contribution in [2.45, 2.75) is 29.5 Å². The third-order valence-electron chi connectivity index (χ3n) is 3.43. The van der Waals surface area contributed by atoms with Gasteiger partial charge in [-0.15, -0.1) is 11.8 Å². The number of aromatic nitrogens is 1. The van der Waals surface area contributed by atoms with Gasteiger partial charge in [0.15, 0.2) is 0 Å². The number of nitrogens with zero attached hydrogens (tertiary/aromatic N) is 1. The van der Waals surface area contributed by atoms with E-state index in [0.29, 0.717) is 0 Å². The number of nitrogens with one attached hydrogen (secondary N) is 1. The summed E-state index contributed by atoms with van der Waals surface area (Å²) >= 11 is 1.65. The van der Waals surface area contributed by atoms with E-state index in [-0.39, 0.29) is 17.2 Å². The summed E-state index contributed by atoms with van der Waals surface area (Å²) in [4.78, 5) is 17.8. The number of hydrogen-bond acceptors (Lipinski definition) is 3. The molecule has 4 heteroatoms. The monoisotopic (exact) mass is 284 g/mol. The number of rotatable bonds is 3. The van der Waals surface area contributed by atoms with E-state index in [1.54, 1.807) is 18.0 Å². The summed E-state index contributed by atoms with van der Waals surface area (Å²) in [6.45, 7) is 1.97. The number of pyridine rings is 1. The van der Waals surface area contributed by atoms with Crippen LogP contribution in [-0.4, -0.2) is 16.1 Å². The van der Waals surface area contributed by atoms with Crippen LogP contribution in [0, 0.1) is 0 Å². The van der Waals surface area contributed by atoms with Crippen molar-refractivity contribution in [2.24, 2.45) is 0 Å². The Labute approximate surface area is 122 Å². The van der Waals surface area contributed by atoms with Crippen LogP contribution in [0.1, 0.15) is 24.2 Å². The fourth-order valence-corrected chi connectivity index (χ4v) is 3.55. The van der Waals surface area contributed by atoms with Gasteiger partial charge in [0, 0.05) is 11.1 Å². The maximum Gasteiger partial charge on any atom is 0.234 e. The summed E-state index contributed by atoms with van der Waals surface area (Å²) in [6.07, 6.45) is 2.56. The number of carbonyl (C=O) groups is 1. The average Bonchev–Trinajstić information content (AvgIpc) is 2.92. The van der Waals surface area contributed by atoms with Gasteiger partial charge < -0.3 is 5.32 Å². The van der Waals surface area contributed by atoms with E-state index in [2.05, 4.69) is 22.4 Å². The predicted octanol–water partition coefficient (Wildman–Crippen LogP) is 2.98. The summed E-state index contributed by atoms with van der Waals surface area (Å²) < 4.78 is 0. The molecule has 0 fully saturated rings. The Kier molecular flexibility index (Phi) is 3.74. The standard InChI is InChI=1S/C16H16N2OS/c1-11(13-7-4-5-9-17-13)18-16(19)15-10-12-6-2-3-8-14(12)20-15/h2-9,11,15H,10H2,1H3,(H,18,19)/t11-,15-/m1/s1. The lowest BCUT2D eigenvalue weighted by molar-refractivity contribution is -0.121. The van der Waals surface area contributed by atoms with Crippen LogP contribution in [0.3, 0.4) is 0 Å². The fraction of sp³-hybridized carbons (Fsp3) is 0.250. The van der Waals surface area contributed by atoms with Crippen molar-refractivity contribution < 1.29 is 4.79 Å². The second kappa shape index (κ2) is 5.67. The first kappa shape index (κ1) is 13.2. The molecule has 102 valence electrons. The summed E-state index contributed by atoms with van der Waals surface area (Å²) in [6, 6.07) is 13.9. The highest BCUT2D eigenvalue weighted by Crippen LogP contribution is 2.36. The maximum absolute atomic E-state index is 12.3. The highest BCUT2D eigenvalue weighted by atomic mass is 32.2. The quantitative estimate of drug-likeness (QED) is 0.942. The lowest BCUT2D eigenvalue weighted by atomic mass is 10.1. The fourth-order valence-electron chi connectivity index (χ4n) is 2.34. The van der Waals surface area contributed by atoms with Crippen LogP contribution in [0.5, 0.6) is 0 Å². The molecule has 0 radical (unpaired) electrons. The normalized spacial score (nSPS) is 18.4. The Hall–Kier alpha value is -1.81. The molecule has 0 spiro atoms. The van der Waals surface area contributed by atoms with Gasteiger partial charge in [-0.05, 0) is 37.1 Å². The van der Waals surface area contributed by atoms with Gasteiger partial charge in [0.25, 0.3) is 0 Å². The van der Waals surface area contributed by atoms with Gasteiger partial charge in [0.05, 0.1) is 17.0 Å². The van der Waals surface area contributed by atoms with Gasteiger partial charge in [-0.3, -0.25) is 9.78 Å². The van der Waals surface area contributed by atoms with Crippen LogP contribution < -0.4 is 5.32 Å². The van der Waals surface area contributed by atoms with Gasteiger partial charge in [0.2, 0.25) is 5.91 Å². The summed E-state index contributed by atoms with van der Waals surface area (Å²) in [5, 5.41) is 3.02. The SMILES string of the molecule is C[C@@H](NC(=O)[C@H]1Cc2ccccc2S1)c1ccccn1. The van der Waals surface area contributed by atoms with Crippen molar-refractivity contribution in [3.8, 4) is 0 Å². The van der Waals surface area contributed by atoms with Crippen molar-refractivity contribution in [1.29, 1.82) is 0 Å².